The molecule has 128 valence electrons. The van der Waals surface area contributed by atoms with Gasteiger partial charge in [0.05, 0.1) is 0 Å². The van der Waals surface area contributed by atoms with Gasteiger partial charge >= 0.3 is 0 Å². The van der Waals surface area contributed by atoms with Gasteiger partial charge in [-0.25, -0.2) is 0 Å². The van der Waals surface area contributed by atoms with E-state index in [0.29, 0.717) is 5.75 Å². The Hall–Kier alpha value is -4.50. The molecule has 24 heavy (non-hydrogen) atoms. The van der Waals surface area contributed by atoms with Crippen LogP contribution in [0.1, 0.15) is 21.3 Å². The van der Waals surface area contributed by atoms with Crippen LogP contribution in [0.15, 0.2) is 24.3 Å². The van der Waals surface area contributed by atoms with Crippen molar-refractivity contribution in [2.24, 2.45) is 0 Å². The van der Waals surface area contributed by atoms with Gasteiger partial charge in [-0.1, -0.05) is 17.7 Å². The fourth-order valence-corrected chi connectivity index (χ4v) is 1.10. The normalized spacial score (nSPS) is 5.83. The molecule has 0 amide bonds. The monoisotopic (exact) mass is 322 g/mol. The molecule has 0 heterocycles. The first-order valence-corrected chi connectivity index (χ1v) is 6.52. The van der Waals surface area contributed by atoms with Crippen LogP contribution < -0.4 is 4.74 Å². The van der Waals surface area contributed by atoms with Crippen LogP contribution in [0.4, 0.5) is 0 Å². The van der Waals surface area contributed by atoms with Crippen LogP contribution in [0.3, 0.4) is 0 Å². The van der Waals surface area contributed by atoms with Gasteiger partial charge in [-0.05, 0) is 60.5 Å². The predicted molar refractivity (Wildman–Crippen MR) is 118 cm³/mol. The summed E-state index contributed by atoms with van der Waals surface area (Å²) in [5.74, 6) is 35.1. The molecule has 1 heteroatoms. The average molecular weight is 322 g/mol. The molecule has 0 fully saturated rings. The Morgan fingerprint density at radius 2 is 1.08 bits per heavy atom. The number of ether oxygens (including phenoxy) is 1. The molecular weight excluding hydrogens is 292 g/mol. The highest BCUT2D eigenvalue weighted by molar-refractivity contribution is 5.45. The Morgan fingerprint density at radius 3 is 1.54 bits per heavy atom. The number of hydrogen-bond donors (Lipinski definition) is 0. The van der Waals surface area contributed by atoms with Gasteiger partial charge in [0, 0.05) is 57.1 Å². The summed E-state index contributed by atoms with van der Waals surface area (Å²) in [5.41, 5.74) is 1.15. The van der Waals surface area contributed by atoms with Gasteiger partial charge in [0.1, 0.15) is 11.9 Å². The van der Waals surface area contributed by atoms with E-state index in [0.717, 1.165) is 5.56 Å². The Morgan fingerprint density at radius 1 is 0.667 bits per heavy atom. The van der Waals surface area contributed by atoms with Gasteiger partial charge in [-0.3, -0.25) is 0 Å². The summed E-state index contributed by atoms with van der Waals surface area (Å²) in [6.07, 6.45) is 7.39. The Bertz CT molecular complexity index is 1090. The zero-order chi connectivity index (χ0) is 17.3. The number of terminal acetylenes is 1. The standard InChI is InChI=1S/C23H8O.11H2/c1-3-4-5-6-7-8-9-10-11-12-13-14-15-16-21-24-23-19-17-22(2)18-20-23;;;;;;;;;;;/h1,17-20H,2H3;11*1H. The Balaban J connectivity index is -0.0000000582. The van der Waals surface area contributed by atoms with Crippen LogP contribution in [-0.2, 0) is 0 Å². The number of aryl methyl sites for hydroxylation is 1. The molecule has 0 saturated heterocycles. The maximum absolute atomic E-state index is 5.18. The smallest absolute Gasteiger partial charge is 0.140 e. The zero-order valence-corrected chi connectivity index (χ0v) is 12.8. The lowest BCUT2D eigenvalue weighted by atomic mass is 10.2. The minimum Gasteiger partial charge on any atom is -0.407 e. The second kappa shape index (κ2) is 12.3. The summed E-state index contributed by atoms with van der Waals surface area (Å²) in [4.78, 5) is 0. The van der Waals surface area contributed by atoms with E-state index in [9.17, 15) is 0 Å². The molecule has 0 aliphatic heterocycles. The van der Waals surface area contributed by atoms with Crippen molar-refractivity contribution in [1.82, 2.24) is 0 Å². The summed E-state index contributed by atoms with van der Waals surface area (Å²) >= 11 is 0. The van der Waals surface area contributed by atoms with Crippen molar-refractivity contribution in [1.29, 1.82) is 0 Å². The minimum atomic E-state index is 0. The highest BCUT2D eigenvalue weighted by atomic mass is 16.5. The molecule has 1 aromatic rings. The van der Waals surface area contributed by atoms with E-state index in [1.165, 1.54) is 0 Å². The topological polar surface area (TPSA) is 9.23 Å². The quantitative estimate of drug-likeness (QED) is 0.681. The molecule has 0 spiro atoms. The lowest BCUT2D eigenvalue weighted by Gasteiger charge is -1.95. The van der Waals surface area contributed by atoms with Crippen molar-refractivity contribution >= 4 is 0 Å². The van der Waals surface area contributed by atoms with E-state index in [2.05, 4.69) is 89.0 Å². The highest BCUT2D eigenvalue weighted by Crippen LogP contribution is 2.10. The first kappa shape index (κ1) is 17.6. The summed E-state index contributed by atoms with van der Waals surface area (Å²) in [6.45, 7) is 2.00. The summed E-state index contributed by atoms with van der Waals surface area (Å²) in [6, 6.07) is 7.54. The molecule has 0 aromatic heterocycles. The number of hydrogen-bond acceptors (Lipinski definition) is 1. The summed E-state index contributed by atoms with van der Waals surface area (Å²) in [5, 5.41) is 0. The Kier molecular flexibility index (Phi) is 8.96. The van der Waals surface area contributed by atoms with Gasteiger partial charge in [0.15, 0.2) is 0 Å². The third-order valence-electron chi connectivity index (χ3n) is 2.06. The van der Waals surface area contributed by atoms with Crippen LogP contribution in [0.2, 0.25) is 0 Å². The van der Waals surface area contributed by atoms with Crippen LogP contribution in [0.25, 0.3) is 0 Å². The van der Waals surface area contributed by atoms with Crippen molar-refractivity contribution in [2.75, 3.05) is 0 Å². The summed E-state index contributed by atoms with van der Waals surface area (Å²) < 4.78 is 5.18. The molecule has 0 radical (unpaired) electrons. The minimum absolute atomic E-state index is 0. The predicted octanol–water partition coefficient (Wildman–Crippen LogP) is 4.69. The number of benzene rings is 1. The molecule has 1 rings (SSSR count). The van der Waals surface area contributed by atoms with Gasteiger partial charge in [0.25, 0.3) is 0 Å². The van der Waals surface area contributed by atoms with Crippen molar-refractivity contribution in [3.8, 4) is 101 Å². The lowest BCUT2D eigenvalue weighted by molar-refractivity contribution is 0.520. The molecule has 0 atom stereocenters. The van der Waals surface area contributed by atoms with Gasteiger partial charge in [-0.2, -0.15) is 0 Å². The SMILES string of the molecule is C#CC#CC#CC#CC#CC#CC#CC#COc1ccc(C)cc1.[HH].[HH].[HH].[HH].[HH].[HH].[HH].[HH].[HH].[HH].[HH]. The van der Waals surface area contributed by atoms with Gasteiger partial charge in [0.2, 0.25) is 0 Å². The first-order chi connectivity index (χ1) is 11.8. The van der Waals surface area contributed by atoms with E-state index in [-0.39, 0.29) is 15.7 Å². The molecule has 0 unspecified atom stereocenters. The van der Waals surface area contributed by atoms with Crippen LogP contribution in [0.5, 0.6) is 5.75 Å². The zero-order valence-electron chi connectivity index (χ0n) is 12.8. The first-order valence-electron chi connectivity index (χ1n) is 6.52. The number of rotatable bonds is 1. The lowest BCUT2D eigenvalue weighted by Crippen LogP contribution is -1.81. The molecule has 0 saturated carbocycles. The second-order valence-corrected chi connectivity index (χ2v) is 3.79. The van der Waals surface area contributed by atoms with Crippen LogP contribution >= 0.6 is 0 Å². The van der Waals surface area contributed by atoms with E-state index < -0.39 is 0 Å². The second-order valence-electron chi connectivity index (χ2n) is 3.79. The van der Waals surface area contributed by atoms with E-state index in [4.69, 9.17) is 11.2 Å². The molecule has 1 nitrogen and oxygen atoms in total. The maximum atomic E-state index is 5.18. The third-order valence-corrected chi connectivity index (χ3v) is 2.06. The maximum Gasteiger partial charge on any atom is 0.140 e. The molecule has 1 aromatic carbocycles. The highest BCUT2D eigenvalue weighted by Gasteiger charge is 1.88. The molecular formula is C23H30O. The van der Waals surface area contributed by atoms with E-state index in [1.807, 2.05) is 31.2 Å². The summed E-state index contributed by atoms with van der Waals surface area (Å²) in [7, 11) is 0. The van der Waals surface area contributed by atoms with Gasteiger partial charge < -0.3 is 4.74 Å². The largest absolute Gasteiger partial charge is 0.407 e. The molecule has 0 aliphatic carbocycles. The third kappa shape index (κ3) is 9.41. The van der Waals surface area contributed by atoms with Crippen LogP contribution in [0, 0.1) is 102 Å². The average Bonchev–Trinajstić information content (AvgIpc) is 2.60. The van der Waals surface area contributed by atoms with Crippen molar-refractivity contribution in [3.63, 3.8) is 0 Å². The molecule has 0 aliphatic rings. The fourth-order valence-electron chi connectivity index (χ4n) is 1.10. The van der Waals surface area contributed by atoms with Crippen LogP contribution in [-0.4, -0.2) is 0 Å². The van der Waals surface area contributed by atoms with Crippen molar-refractivity contribution in [2.45, 2.75) is 6.92 Å². The molecule has 0 N–H and O–H groups in total. The van der Waals surface area contributed by atoms with E-state index in [1.54, 1.807) is 0 Å². The molecule has 0 bridgehead atoms. The van der Waals surface area contributed by atoms with Crippen molar-refractivity contribution < 1.29 is 20.4 Å². The Labute approximate surface area is 159 Å². The van der Waals surface area contributed by atoms with E-state index >= 15 is 0 Å². The van der Waals surface area contributed by atoms with Crippen molar-refractivity contribution in [3.05, 3.63) is 29.8 Å². The fraction of sp³-hybridized carbons (Fsp3) is 0.0435. The van der Waals surface area contributed by atoms with Gasteiger partial charge in [-0.15, -0.1) is 6.42 Å².